The van der Waals surface area contributed by atoms with Crippen LogP contribution >= 0.6 is 0 Å². The smallest absolute Gasteiger partial charge is 0.332 e. The zero-order valence-electron chi connectivity index (χ0n) is 9.21. The van der Waals surface area contributed by atoms with Crippen LogP contribution in [0.4, 0.5) is 0 Å². The Kier molecular flexibility index (Phi) is 3.50. The molecule has 4 heteroatoms. The van der Waals surface area contributed by atoms with Gasteiger partial charge in [-0.1, -0.05) is 13.0 Å². The van der Waals surface area contributed by atoms with Gasteiger partial charge in [0.15, 0.2) is 0 Å². The van der Waals surface area contributed by atoms with Gasteiger partial charge in [-0.25, -0.2) is 4.79 Å². The van der Waals surface area contributed by atoms with Crippen LogP contribution in [0.5, 0.6) is 0 Å². The molecule has 0 radical (unpaired) electrons. The Labute approximate surface area is 89.7 Å². The van der Waals surface area contributed by atoms with Crippen molar-refractivity contribution >= 4 is 11.9 Å². The molecule has 1 amide bonds. The average Bonchev–Trinajstić information content (AvgIpc) is 2.45. The molecule has 0 aromatic heterocycles. The van der Waals surface area contributed by atoms with Crippen molar-refractivity contribution in [2.24, 2.45) is 5.92 Å². The molecule has 84 valence electrons. The summed E-state index contributed by atoms with van der Waals surface area (Å²) in [5.41, 5.74) is -0.881. The highest BCUT2D eigenvalue weighted by molar-refractivity contribution is 5.93. The highest BCUT2D eigenvalue weighted by Crippen LogP contribution is 2.29. The lowest BCUT2D eigenvalue weighted by Gasteiger charge is -2.25. The van der Waals surface area contributed by atoms with Gasteiger partial charge in [0.2, 0.25) is 5.91 Å². The molecule has 0 aromatic rings. The van der Waals surface area contributed by atoms with E-state index >= 15 is 0 Å². The van der Waals surface area contributed by atoms with E-state index in [1.165, 1.54) is 0 Å². The second-order valence-electron chi connectivity index (χ2n) is 3.89. The quantitative estimate of drug-likeness (QED) is 0.558. The van der Waals surface area contributed by atoms with Crippen LogP contribution in [0.2, 0.25) is 0 Å². The number of hydrogen-bond acceptors (Lipinski definition) is 3. The first-order valence-corrected chi connectivity index (χ1v) is 5.16. The summed E-state index contributed by atoms with van der Waals surface area (Å²) in [6.07, 6.45) is 2.54. The van der Waals surface area contributed by atoms with Crippen LogP contribution in [0.1, 0.15) is 26.7 Å². The second-order valence-corrected chi connectivity index (χ2v) is 3.89. The van der Waals surface area contributed by atoms with Crippen LogP contribution in [0.15, 0.2) is 12.7 Å². The molecular formula is C11H17NO3. The van der Waals surface area contributed by atoms with Crippen molar-refractivity contribution in [3.63, 3.8) is 0 Å². The summed E-state index contributed by atoms with van der Waals surface area (Å²) in [5, 5.41) is 2.72. The molecule has 0 bridgehead atoms. The van der Waals surface area contributed by atoms with Gasteiger partial charge in [-0.15, -0.1) is 6.58 Å². The summed E-state index contributed by atoms with van der Waals surface area (Å²) >= 11 is 0. The van der Waals surface area contributed by atoms with Crippen molar-refractivity contribution in [2.75, 3.05) is 6.61 Å². The van der Waals surface area contributed by atoms with E-state index in [1.54, 1.807) is 19.9 Å². The third kappa shape index (κ3) is 2.19. The maximum atomic E-state index is 11.8. The van der Waals surface area contributed by atoms with Crippen molar-refractivity contribution < 1.29 is 14.3 Å². The van der Waals surface area contributed by atoms with E-state index in [4.69, 9.17) is 4.74 Å². The fourth-order valence-electron chi connectivity index (χ4n) is 1.89. The van der Waals surface area contributed by atoms with Crippen LogP contribution in [-0.4, -0.2) is 24.0 Å². The van der Waals surface area contributed by atoms with E-state index in [-0.39, 0.29) is 17.8 Å². The minimum Gasteiger partial charge on any atom is -0.464 e. The van der Waals surface area contributed by atoms with Gasteiger partial charge < -0.3 is 10.1 Å². The van der Waals surface area contributed by atoms with Crippen LogP contribution in [0, 0.1) is 5.92 Å². The molecule has 2 atom stereocenters. The highest BCUT2D eigenvalue weighted by atomic mass is 16.5. The first-order valence-electron chi connectivity index (χ1n) is 5.16. The molecule has 1 aliphatic heterocycles. The standard InChI is InChI=1S/C11H17NO3/c1-4-6-11(10(14)15-5-2)7-8(3)9(13)12-11/h4,8H,1,5-7H2,2-3H3,(H,12,13). The van der Waals surface area contributed by atoms with Crippen molar-refractivity contribution in [3.8, 4) is 0 Å². The number of esters is 1. The number of amides is 1. The van der Waals surface area contributed by atoms with E-state index in [0.29, 0.717) is 19.4 Å². The Bertz CT molecular complexity index is 288. The van der Waals surface area contributed by atoms with E-state index in [0.717, 1.165) is 0 Å². The van der Waals surface area contributed by atoms with E-state index in [9.17, 15) is 9.59 Å². The monoisotopic (exact) mass is 211 g/mol. The normalized spacial score (nSPS) is 29.7. The van der Waals surface area contributed by atoms with Gasteiger partial charge in [0.05, 0.1) is 6.61 Å². The van der Waals surface area contributed by atoms with Gasteiger partial charge in [-0.05, 0) is 19.8 Å². The van der Waals surface area contributed by atoms with Gasteiger partial charge in [-0.3, -0.25) is 4.79 Å². The summed E-state index contributed by atoms with van der Waals surface area (Å²) < 4.78 is 4.98. The lowest BCUT2D eigenvalue weighted by Crippen LogP contribution is -2.49. The molecule has 1 heterocycles. The molecule has 4 nitrogen and oxygen atoms in total. The predicted octanol–water partition coefficient (Wildman–Crippen LogP) is 1.02. The third-order valence-corrected chi connectivity index (χ3v) is 2.62. The molecule has 1 N–H and O–H groups in total. The molecule has 1 fully saturated rings. The third-order valence-electron chi connectivity index (χ3n) is 2.62. The fourth-order valence-corrected chi connectivity index (χ4v) is 1.89. The van der Waals surface area contributed by atoms with E-state index in [2.05, 4.69) is 11.9 Å². The average molecular weight is 211 g/mol. The largest absolute Gasteiger partial charge is 0.464 e. The lowest BCUT2D eigenvalue weighted by molar-refractivity contribution is -0.151. The number of carbonyl (C=O) groups excluding carboxylic acids is 2. The number of carbonyl (C=O) groups is 2. The molecular weight excluding hydrogens is 194 g/mol. The van der Waals surface area contributed by atoms with Gasteiger partial charge in [0.1, 0.15) is 5.54 Å². The van der Waals surface area contributed by atoms with Crippen LogP contribution in [0.25, 0.3) is 0 Å². The minimum atomic E-state index is -0.881. The first-order chi connectivity index (χ1) is 7.05. The van der Waals surface area contributed by atoms with Crippen LogP contribution in [0.3, 0.4) is 0 Å². The van der Waals surface area contributed by atoms with Gasteiger partial charge >= 0.3 is 5.97 Å². The molecule has 0 spiro atoms. The van der Waals surface area contributed by atoms with Gasteiger partial charge in [-0.2, -0.15) is 0 Å². The summed E-state index contributed by atoms with van der Waals surface area (Å²) in [6, 6.07) is 0. The molecule has 0 saturated carbocycles. The van der Waals surface area contributed by atoms with E-state index < -0.39 is 5.54 Å². The Balaban J connectivity index is 2.85. The highest BCUT2D eigenvalue weighted by Gasteiger charge is 2.48. The van der Waals surface area contributed by atoms with Crippen LogP contribution in [-0.2, 0) is 14.3 Å². The molecule has 0 aliphatic carbocycles. The molecule has 1 aliphatic rings. The maximum absolute atomic E-state index is 11.8. The number of hydrogen-bond donors (Lipinski definition) is 1. The van der Waals surface area contributed by atoms with Crippen molar-refractivity contribution in [3.05, 3.63) is 12.7 Å². The number of ether oxygens (including phenoxy) is 1. The van der Waals surface area contributed by atoms with Crippen molar-refractivity contribution in [1.29, 1.82) is 0 Å². The Morgan fingerprint density at radius 2 is 2.47 bits per heavy atom. The molecule has 2 unspecified atom stereocenters. The molecule has 0 aromatic carbocycles. The zero-order valence-corrected chi connectivity index (χ0v) is 9.21. The molecule has 1 rings (SSSR count). The second kappa shape index (κ2) is 4.47. The van der Waals surface area contributed by atoms with Crippen LogP contribution < -0.4 is 5.32 Å². The summed E-state index contributed by atoms with van der Waals surface area (Å²) in [4.78, 5) is 23.2. The molecule has 15 heavy (non-hydrogen) atoms. The summed E-state index contributed by atoms with van der Waals surface area (Å²) in [7, 11) is 0. The zero-order chi connectivity index (χ0) is 11.5. The first kappa shape index (κ1) is 11.8. The van der Waals surface area contributed by atoms with Crippen molar-refractivity contribution in [2.45, 2.75) is 32.2 Å². The van der Waals surface area contributed by atoms with Gasteiger partial charge in [0.25, 0.3) is 0 Å². The number of rotatable bonds is 4. The SMILES string of the molecule is C=CCC1(C(=O)OCC)CC(C)C(=O)N1. The topological polar surface area (TPSA) is 55.4 Å². The Morgan fingerprint density at radius 1 is 1.80 bits per heavy atom. The Morgan fingerprint density at radius 3 is 2.87 bits per heavy atom. The lowest BCUT2D eigenvalue weighted by atomic mass is 9.90. The van der Waals surface area contributed by atoms with Gasteiger partial charge in [0, 0.05) is 5.92 Å². The minimum absolute atomic E-state index is 0.0927. The molecule has 1 saturated heterocycles. The summed E-state index contributed by atoms with van der Waals surface area (Å²) in [5.74, 6) is -0.596. The summed E-state index contributed by atoms with van der Waals surface area (Å²) in [6.45, 7) is 7.48. The number of nitrogens with one attached hydrogen (secondary N) is 1. The van der Waals surface area contributed by atoms with E-state index in [1.807, 2.05) is 0 Å². The fraction of sp³-hybridized carbons (Fsp3) is 0.636. The maximum Gasteiger partial charge on any atom is 0.332 e. The Hall–Kier alpha value is -1.32. The van der Waals surface area contributed by atoms with Crippen molar-refractivity contribution in [1.82, 2.24) is 5.32 Å². The predicted molar refractivity (Wildman–Crippen MR) is 56.1 cm³/mol.